The lowest BCUT2D eigenvalue weighted by Gasteiger charge is -2.09. The van der Waals surface area contributed by atoms with Crippen LogP contribution in [0.3, 0.4) is 0 Å². The van der Waals surface area contributed by atoms with Crippen molar-refractivity contribution in [1.29, 1.82) is 0 Å². The molecule has 0 spiro atoms. The highest BCUT2D eigenvalue weighted by atomic mass is 16.4. The minimum atomic E-state index is -0.545. The van der Waals surface area contributed by atoms with Crippen LogP contribution in [0.25, 0.3) is 11.0 Å². The number of anilines is 1. The molecule has 0 radical (unpaired) electrons. The zero-order valence-corrected chi connectivity index (χ0v) is 10.7. The fourth-order valence-electron chi connectivity index (χ4n) is 1.97. The van der Waals surface area contributed by atoms with Crippen LogP contribution < -0.4 is 22.6 Å². The van der Waals surface area contributed by atoms with Crippen molar-refractivity contribution in [2.75, 3.05) is 5.73 Å². The number of rotatable bonds is 2. The SMILES string of the molecule is Cc1cc2c(C)c(CC(=O)NN)c(=O)oc2cc1N. The van der Waals surface area contributed by atoms with Crippen LogP contribution in [0, 0.1) is 13.8 Å². The first kappa shape index (κ1) is 13.1. The number of aryl methyl sites for hydroxylation is 2. The Labute approximate surface area is 109 Å². The van der Waals surface area contributed by atoms with Crippen LogP contribution in [0.1, 0.15) is 16.7 Å². The van der Waals surface area contributed by atoms with Gasteiger partial charge in [0, 0.05) is 17.1 Å². The molecule has 5 N–H and O–H groups in total. The van der Waals surface area contributed by atoms with Gasteiger partial charge in [-0.15, -0.1) is 0 Å². The van der Waals surface area contributed by atoms with E-state index in [2.05, 4.69) is 0 Å². The summed E-state index contributed by atoms with van der Waals surface area (Å²) in [5.41, 5.74) is 10.1. The minimum absolute atomic E-state index is 0.107. The first-order valence-corrected chi connectivity index (χ1v) is 5.76. The number of nitrogens with two attached hydrogens (primary N) is 2. The molecule has 0 aliphatic carbocycles. The fraction of sp³-hybridized carbons (Fsp3) is 0.231. The van der Waals surface area contributed by atoms with E-state index in [1.54, 1.807) is 13.0 Å². The zero-order chi connectivity index (χ0) is 14.2. The van der Waals surface area contributed by atoms with E-state index in [9.17, 15) is 9.59 Å². The third kappa shape index (κ3) is 2.30. The summed E-state index contributed by atoms with van der Waals surface area (Å²) in [6.45, 7) is 3.64. The molecule has 1 aromatic carbocycles. The number of nitrogens with one attached hydrogen (secondary N) is 1. The van der Waals surface area contributed by atoms with E-state index in [1.165, 1.54) is 0 Å². The maximum Gasteiger partial charge on any atom is 0.340 e. The second kappa shape index (κ2) is 4.74. The Balaban J connectivity index is 2.71. The number of hydrogen-bond acceptors (Lipinski definition) is 5. The van der Waals surface area contributed by atoms with Crippen LogP contribution in [-0.4, -0.2) is 5.91 Å². The Morgan fingerprint density at radius 2 is 2.05 bits per heavy atom. The molecule has 100 valence electrons. The summed E-state index contributed by atoms with van der Waals surface area (Å²) in [5.74, 6) is 4.59. The van der Waals surface area contributed by atoms with Crippen molar-refractivity contribution < 1.29 is 9.21 Å². The van der Waals surface area contributed by atoms with Crippen LogP contribution >= 0.6 is 0 Å². The molecule has 19 heavy (non-hydrogen) atoms. The molecule has 0 atom stereocenters. The van der Waals surface area contributed by atoms with Crippen molar-refractivity contribution >= 4 is 22.6 Å². The average molecular weight is 261 g/mol. The van der Waals surface area contributed by atoms with E-state index < -0.39 is 11.5 Å². The van der Waals surface area contributed by atoms with Gasteiger partial charge in [0.05, 0.1) is 12.0 Å². The van der Waals surface area contributed by atoms with Gasteiger partial charge >= 0.3 is 5.63 Å². The van der Waals surface area contributed by atoms with Crippen LogP contribution in [0.4, 0.5) is 5.69 Å². The van der Waals surface area contributed by atoms with Crippen molar-refractivity contribution in [3.8, 4) is 0 Å². The van der Waals surface area contributed by atoms with Gasteiger partial charge in [0.1, 0.15) is 5.58 Å². The van der Waals surface area contributed by atoms with Gasteiger partial charge in [-0.05, 0) is 31.0 Å². The van der Waals surface area contributed by atoms with Crippen LogP contribution in [-0.2, 0) is 11.2 Å². The molecule has 0 aliphatic rings. The molecule has 2 aromatic rings. The second-order valence-corrected chi connectivity index (χ2v) is 4.44. The van der Waals surface area contributed by atoms with Crippen LogP contribution in [0.15, 0.2) is 21.3 Å². The number of amides is 1. The van der Waals surface area contributed by atoms with Gasteiger partial charge < -0.3 is 10.2 Å². The molecule has 6 heteroatoms. The van der Waals surface area contributed by atoms with Crippen molar-refractivity contribution in [1.82, 2.24) is 5.43 Å². The highest BCUT2D eigenvalue weighted by Gasteiger charge is 2.15. The largest absolute Gasteiger partial charge is 0.422 e. The van der Waals surface area contributed by atoms with E-state index in [0.29, 0.717) is 22.4 Å². The molecule has 1 amide bonds. The summed E-state index contributed by atoms with van der Waals surface area (Å²) in [4.78, 5) is 23.2. The molecule has 1 heterocycles. The van der Waals surface area contributed by atoms with Crippen molar-refractivity contribution in [3.05, 3.63) is 39.2 Å². The number of hydrazine groups is 1. The van der Waals surface area contributed by atoms with Gasteiger partial charge in [-0.1, -0.05) is 0 Å². The zero-order valence-electron chi connectivity index (χ0n) is 10.7. The van der Waals surface area contributed by atoms with E-state index in [-0.39, 0.29) is 6.42 Å². The first-order chi connectivity index (χ1) is 8.93. The summed E-state index contributed by atoms with van der Waals surface area (Å²) >= 11 is 0. The molecule has 0 saturated carbocycles. The van der Waals surface area contributed by atoms with Gasteiger partial charge in [-0.2, -0.15) is 0 Å². The Bertz CT molecular complexity index is 719. The molecule has 0 saturated heterocycles. The number of benzene rings is 1. The van der Waals surface area contributed by atoms with Crippen LogP contribution in [0.2, 0.25) is 0 Å². The maximum atomic E-state index is 11.9. The molecular weight excluding hydrogens is 246 g/mol. The Morgan fingerprint density at radius 3 is 2.68 bits per heavy atom. The smallest absolute Gasteiger partial charge is 0.340 e. The van der Waals surface area contributed by atoms with Gasteiger partial charge in [-0.3, -0.25) is 10.2 Å². The van der Waals surface area contributed by atoms with Crippen molar-refractivity contribution in [2.45, 2.75) is 20.3 Å². The molecule has 1 aromatic heterocycles. The molecule has 0 bridgehead atoms. The fourth-order valence-corrected chi connectivity index (χ4v) is 1.97. The number of hydrogen-bond donors (Lipinski definition) is 3. The summed E-state index contributed by atoms with van der Waals surface area (Å²) in [6.07, 6.45) is -0.107. The number of carbonyl (C=O) groups is 1. The Kier molecular flexibility index (Phi) is 3.26. The molecule has 6 nitrogen and oxygen atoms in total. The predicted octanol–water partition coefficient (Wildman–Crippen LogP) is 0.524. The normalized spacial score (nSPS) is 10.7. The maximum absolute atomic E-state index is 11.9. The van der Waals surface area contributed by atoms with E-state index in [0.717, 1.165) is 10.9 Å². The molecule has 0 fully saturated rings. The second-order valence-electron chi connectivity index (χ2n) is 4.44. The van der Waals surface area contributed by atoms with E-state index >= 15 is 0 Å². The third-order valence-corrected chi connectivity index (χ3v) is 3.17. The van der Waals surface area contributed by atoms with Gasteiger partial charge in [0.15, 0.2) is 0 Å². The Morgan fingerprint density at radius 1 is 1.37 bits per heavy atom. The topological polar surface area (TPSA) is 111 Å². The summed E-state index contributed by atoms with van der Waals surface area (Å²) < 4.78 is 5.20. The quantitative estimate of drug-likeness (QED) is 0.240. The van der Waals surface area contributed by atoms with Gasteiger partial charge in [0.2, 0.25) is 5.91 Å². The monoisotopic (exact) mass is 261 g/mol. The lowest BCUT2D eigenvalue weighted by molar-refractivity contribution is -0.120. The average Bonchev–Trinajstić information content (AvgIpc) is 2.37. The standard InChI is InChI=1S/C13H15N3O3/c1-6-3-8-7(2)9(4-12(17)16-15)13(18)19-11(8)5-10(6)14/h3,5H,4,14-15H2,1-2H3,(H,16,17). The molecular formula is C13H15N3O3. The molecule has 0 aliphatic heterocycles. The highest BCUT2D eigenvalue weighted by molar-refractivity contribution is 5.87. The summed E-state index contributed by atoms with van der Waals surface area (Å²) in [6, 6.07) is 3.46. The summed E-state index contributed by atoms with van der Waals surface area (Å²) in [5, 5.41) is 0.770. The number of carbonyl (C=O) groups excluding carboxylic acids is 1. The molecule has 0 unspecified atom stereocenters. The van der Waals surface area contributed by atoms with Gasteiger partial charge in [-0.25, -0.2) is 10.6 Å². The highest BCUT2D eigenvalue weighted by Crippen LogP contribution is 2.24. The predicted molar refractivity (Wildman–Crippen MR) is 72.4 cm³/mol. The minimum Gasteiger partial charge on any atom is -0.422 e. The van der Waals surface area contributed by atoms with Gasteiger partial charge in [0.25, 0.3) is 0 Å². The Hall–Kier alpha value is -2.34. The lowest BCUT2D eigenvalue weighted by Crippen LogP contribution is -2.33. The first-order valence-electron chi connectivity index (χ1n) is 5.76. The van der Waals surface area contributed by atoms with E-state index in [4.69, 9.17) is 16.0 Å². The van der Waals surface area contributed by atoms with Crippen molar-refractivity contribution in [2.24, 2.45) is 5.84 Å². The third-order valence-electron chi connectivity index (χ3n) is 3.17. The number of nitrogen functional groups attached to an aromatic ring is 1. The van der Waals surface area contributed by atoms with Crippen molar-refractivity contribution in [3.63, 3.8) is 0 Å². The number of fused-ring (bicyclic) bond motifs is 1. The van der Waals surface area contributed by atoms with Crippen LogP contribution in [0.5, 0.6) is 0 Å². The lowest BCUT2D eigenvalue weighted by atomic mass is 10.0. The molecule has 2 rings (SSSR count). The summed E-state index contributed by atoms with van der Waals surface area (Å²) in [7, 11) is 0. The van der Waals surface area contributed by atoms with E-state index in [1.807, 2.05) is 18.4 Å².